The fraction of sp³-hybridized carbons (Fsp3) is 0.706. The average Bonchev–Trinajstić information content (AvgIpc) is 3.26. The minimum absolute atomic E-state index is 0.0377. The molecule has 0 aromatic carbocycles. The molecule has 1 amide bonds. The molecule has 4 heterocycles. The minimum atomic E-state index is -0.0377. The van der Waals surface area contributed by atoms with Gasteiger partial charge in [-0.15, -0.1) is 0 Å². The summed E-state index contributed by atoms with van der Waals surface area (Å²) in [6.07, 6.45) is 4.88. The van der Waals surface area contributed by atoms with Crippen molar-refractivity contribution < 1.29 is 18.8 Å². The fourth-order valence-corrected chi connectivity index (χ4v) is 4.02. The Bertz CT molecular complexity index is 527. The number of nitrogens with zero attached hydrogens (tertiary/aromatic N) is 2. The van der Waals surface area contributed by atoms with Gasteiger partial charge in [-0.3, -0.25) is 14.5 Å². The number of piperidine rings is 1. The van der Waals surface area contributed by atoms with Gasteiger partial charge in [-0.2, -0.15) is 0 Å². The smallest absolute Gasteiger partial charge is 0.250 e. The van der Waals surface area contributed by atoms with Gasteiger partial charge in [0.2, 0.25) is 0 Å². The number of fused-ring (bicyclic) bond motifs is 1. The molecule has 4 rings (SSSR count). The largest absolute Gasteiger partial charge is 0.468 e. The van der Waals surface area contributed by atoms with Crippen LogP contribution in [0.15, 0.2) is 22.8 Å². The molecule has 0 saturated carbocycles. The summed E-state index contributed by atoms with van der Waals surface area (Å²) in [7, 11) is 0. The van der Waals surface area contributed by atoms with Crippen LogP contribution in [0, 0.1) is 11.8 Å². The summed E-state index contributed by atoms with van der Waals surface area (Å²) in [6.45, 7) is 4.48. The van der Waals surface area contributed by atoms with Crippen LogP contribution in [0.2, 0.25) is 0 Å². The van der Waals surface area contributed by atoms with Crippen LogP contribution in [0.1, 0.15) is 25.0 Å². The van der Waals surface area contributed by atoms with E-state index in [0.29, 0.717) is 19.1 Å². The number of rotatable bonds is 3. The number of amides is 1. The van der Waals surface area contributed by atoms with E-state index in [0.717, 1.165) is 51.3 Å². The normalized spacial score (nSPS) is 32.0. The van der Waals surface area contributed by atoms with Crippen molar-refractivity contribution in [1.82, 2.24) is 9.96 Å². The second-order valence-corrected chi connectivity index (χ2v) is 6.72. The third-order valence-corrected chi connectivity index (χ3v) is 5.20. The van der Waals surface area contributed by atoms with Crippen LogP contribution >= 0.6 is 0 Å². The highest BCUT2D eigenvalue weighted by Crippen LogP contribution is 2.35. The Labute approximate surface area is 136 Å². The molecule has 3 aliphatic heterocycles. The van der Waals surface area contributed by atoms with E-state index in [9.17, 15) is 4.79 Å². The summed E-state index contributed by atoms with van der Waals surface area (Å²) >= 11 is 0. The number of hydrogen-bond donors (Lipinski definition) is 0. The standard InChI is InChI=1S/C17H24N2O4/c20-17(19-6-1-2-8-23-19)15-11-18(10-13-4-3-7-21-13)12-16-14(15)5-9-22-16/h3-4,7,14-16H,1-2,5-6,8-12H2/t14-,15-,16+/m1/s1. The number of carbonyl (C=O) groups excluding carboxylic acids is 1. The molecule has 3 saturated heterocycles. The van der Waals surface area contributed by atoms with E-state index in [1.54, 1.807) is 11.3 Å². The van der Waals surface area contributed by atoms with Gasteiger partial charge in [0.1, 0.15) is 5.76 Å². The van der Waals surface area contributed by atoms with Crippen molar-refractivity contribution in [3.05, 3.63) is 24.2 Å². The number of likely N-dealkylation sites (tertiary alicyclic amines) is 1. The molecule has 0 N–H and O–H groups in total. The molecule has 126 valence electrons. The van der Waals surface area contributed by atoms with Crippen LogP contribution < -0.4 is 0 Å². The fourth-order valence-electron chi connectivity index (χ4n) is 4.02. The Morgan fingerprint density at radius 1 is 1.26 bits per heavy atom. The summed E-state index contributed by atoms with van der Waals surface area (Å²) in [4.78, 5) is 20.8. The van der Waals surface area contributed by atoms with Gasteiger partial charge in [-0.25, -0.2) is 5.06 Å². The summed E-state index contributed by atoms with van der Waals surface area (Å²) in [5, 5.41) is 1.60. The topological polar surface area (TPSA) is 55.2 Å². The van der Waals surface area contributed by atoms with Crippen LogP contribution in [0.25, 0.3) is 0 Å². The third-order valence-electron chi connectivity index (χ3n) is 5.20. The monoisotopic (exact) mass is 320 g/mol. The van der Waals surface area contributed by atoms with Crippen LogP contribution in [0.5, 0.6) is 0 Å². The maximum atomic E-state index is 12.9. The van der Waals surface area contributed by atoms with Crippen molar-refractivity contribution in [1.29, 1.82) is 0 Å². The first kappa shape index (κ1) is 15.2. The third kappa shape index (κ3) is 3.16. The highest BCUT2D eigenvalue weighted by molar-refractivity contribution is 5.78. The summed E-state index contributed by atoms with van der Waals surface area (Å²) in [5.74, 6) is 1.35. The quantitative estimate of drug-likeness (QED) is 0.848. The molecule has 0 aliphatic carbocycles. The first-order valence-electron chi connectivity index (χ1n) is 8.62. The van der Waals surface area contributed by atoms with Crippen LogP contribution in [-0.4, -0.2) is 54.8 Å². The first-order chi connectivity index (χ1) is 11.3. The minimum Gasteiger partial charge on any atom is -0.468 e. The Morgan fingerprint density at radius 3 is 3.00 bits per heavy atom. The Hall–Kier alpha value is -1.37. The second kappa shape index (κ2) is 6.63. The molecular formula is C17H24N2O4. The molecule has 0 bridgehead atoms. The Morgan fingerprint density at radius 2 is 2.22 bits per heavy atom. The lowest BCUT2D eigenvalue weighted by Crippen LogP contribution is -2.53. The lowest BCUT2D eigenvalue weighted by molar-refractivity contribution is -0.205. The SMILES string of the molecule is O=C([C@@H]1CN(Cc2ccco2)C[C@@H]2OCC[C@@H]21)N1CCCCO1. The molecule has 1 aromatic heterocycles. The molecule has 1 aromatic rings. The van der Waals surface area contributed by atoms with Gasteiger partial charge in [0.25, 0.3) is 5.91 Å². The van der Waals surface area contributed by atoms with Crippen molar-refractivity contribution in [2.75, 3.05) is 32.8 Å². The Kier molecular flexibility index (Phi) is 4.37. The van der Waals surface area contributed by atoms with Crippen molar-refractivity contribution in [2.45, 2.75) is 31.9 Å². The van der Waals surface area contributed by atoms with Crippen LogP contribution in [0.4, 0.5) is 0 Å². The predicted octanol–water partition coefficient (Wildman–Crippen LogP) is 1.67. The summed E-state index contributed by atoms with van der Waals surface area (Å²) in [6, 6.07) is 3.88. The van der Waals surface area contributed by atoms with Gasteiger partial charge in [0.15, 0.2) is 0 Å². The average molecular weight is 320 g/mol. The van der Waals surface area contributed by atoms with Crippen LogP contribution in [-0.2, 0) is 20.9 Å². The lowest BCUT2D eigenvalue weighted by Gasteiger charge is -2.41. The lowest BCUT2D eigenvalue weighted by atomic mass is 9.82. The van der Waals surface area contributed by atoms with Gasteiger partial charge in [0, 0.05) is 32.2 Å². The van der Waals surface area contributed by atoms with Gasteiger partial charge >= 0.3 is 0 Å². The molecule has 6 heteroatoms. The van der Waals surface area contributed by atoms with Gasteiger partial charge in [-0.1, -0.05) is 0 Å². The predicted molar refractivity (Wildman–Crippen MR) is 82.2 cm³/mol. The number of furan rings is 1. The molecule has 0 radical (unpaired) electrons. The van der Waals surface area contributed by atoms with Crippen molar-refractivity contribution in [2.24, 2.45) is 11.8 Å². The highest BCUT2D eigenvalue weighted by atomic mass is 16.7. The summed E-state index contributed by atoms with van der Waals surface area (Å²) < 4.78 is 11.3. The molecule has 3 fully saturated rings. The zero-order chi connectivity index (χ0) is 15.6. The van der Waals surface area contributed by atoms with E-state index in [4.69, 9.17) is 14.0 Å². The molecule has 3 aliphatic rings. The molecule has 23 heavy (non-hydrogen) atoms. The van der Waals surface area contributed by atoms with Crippen molar-refractivity contribution in [3.63, 3.8) is 0 Å². The maximum Gasteiger partial charge on any atom is 0.250 e. The van der Waals surface area contributed by atoms with Crippen LogP contribution in [0.3, 0.4) is 0 Å². The Balaban J connectivity index is 1.47. The van der Waals surface area contributed by atoms with E-state index in [-0.39, 0.29) is 17.9 Å². The molecular weight excluding hydrogens is 296 g/mol. The van der Waals surface area contributed by atoms with Crippen molar-refractivity contribution in [3.8, 4) is 0 Å². The molecule has 3 atom stereocenters. The number of carbonyl (C=O) groups is 1. The molecule has 0 spiro atoms. The van der Waals surface area contributed by atoms with E-state index in [1.165, 1.54) is 0 Å². The highest BCUT2D eigenvalue weighted by Gasteiger charge is 2.45. The van der Waals surface area contributed by atoms with Gasteiger partial charge in [-0.05, 0) is 31.4 Å². The zero-order valence-corrected chi connectivity index (χ0v) is 13.4. The van der Waals surface area contributed by atoms with E-state index in [2.05, 4.69) is 4.90 Å². The zero-order valence-electron chi connectivity index (χ0n) is 13.4. The first-order valence-corrected chi connectivity index (χ1v) is 8.62. The number of hydrogen-bond acceptors (Lipinski definition) is 5. The van der Waals surface area contributed by atoms with E-state index >= 15 is 0 Å². The molecule has 6 nitrogen and oxygen atoms in total. The van der Waals surface area contributed by atoms with Gasteiger partial charge in [0.05, 0.1) is 31.4 Å². The van der Waals surface area contributed by atoms with Crippen molar-refractivity contribution >= 4 is 5.91 Å². The number of hydroxylamine groups is 2. The maximum absolute atomic E-state index is 12.9. The second-order valence-electron chi connectivity index (χ2n) is 6.72. The van der Waals surface area contributed by atoms with E-state index < -0.39 is 0 Å². The number of ether oxygens (including phenoxy) is 1. The van der Waals surface area contributed by atoms with Gasteiger partial charge < -0.3 is 9.15 Å². The molecule has 0 unspecified atom stereocenters. The summed E-state index contributed by atoms with van der Waals surface area (Å²) in [5.41, 5.74) is 0. The van der Waals surface area contributed by atoms with E-state index in [1.807, 2.05) is 12.1 Å².